The average molecular weight is 295 g/mol. The van der Waals surface area contributed by atoms with E-state index in [2.05, 4.69) is 10.6 Å². The van der Waals surface area contributed by atoms with Gasteiger partial charge in [0.1, 0.15) is 5.69 Å². The summed E-state index contributed by atoms with van der Waals surface area (Å²) in [5, 5.41) is 16.4. The van der Waals surface area contributed by atoms with Crippen LogP contribution in [-0.4, -0.2) is 36.6 Å². The number of hydrogen-bond donors (Lipinski definition) is 2. The average Bonchev–Trinajstić information content (AvgIpc) is 2.44. The van der Waals surface area contributed by atoms with Crippen molar-refractivity contribution in [2.75, 3.05) is 25.5 Å². The number of benzene rings is 1. The smallest absolute Gasteiger partial charge is 0.293 e. The fraction of sp³-hybridized carbons (Fsp3) is 0.500. The molecule has 7 nitrogen and oxygen atoms in total. The Hall–Kier alpha value is -2.15. The van der Waals surface area contributed by atoms with Gasteiger partial charge in [-0.2, -0.15) is 0 Å². The number of nitro groups is 1. The van der Waals surface area contributed by atoms with Gasteiger partial charge in [-0.3, -0.25) is 14.9 Å². The molecule has 21 heavy (non-hydrogen) atoms. The third kappa shape index (κ3) is 4.71. The summed E-state index contributed by atoms with van der Waals surface area (Å²) in [7, 11) is 1.59. The van der Waals surface area contributed by atoms with Gasteiger partial charge >= 0.3 is 0 Å². The van der Waals surface area contributed by atoms with E-state index in [-0.39, 0.29) is 17.2 Å². The normalized spacial score (nSPS) is 11.0. The van der Waals surface area contributed by atoms with Crippen LogP contribution in [-0.2, 0) is 4.74 Å². The number of ether oxygens (including phenoxy) is 1. The minimum absolute atomic E-state index is 0.130. The fourth-order valence-corrected chi connectivity index (χ4v) is 1.87. The number of nitrogens with one attached hydrogen (secondary N) is 2. The number of nitro benzene ring substituents is 1. The van der Waals surface area contributed by atoms with Crippen LogP contribution in [0.3, 0.4) is 0 Å². The second-order valence-corrected chi connectivity index (χ2v) is 5.11. The first-order valence-electron chi connectivity index (χ1n) is 6.69. The van der Waals surface area contributed by atoms with Gasteiger partial charge in [0, 0.05) is 31.8 Å². The zero-order valence-corrected chi connectivity index (χ0v) is 12.7. The monoisotopic (exact) mass is 295 g/mol. The van der Waals surface area contributed by atoms with E-state index >= 15 is 0 Å². The lowest BCUT2D eigenvalue weighted by Crippen LogP contribution is -2.40. The Morgan fingerprint density at radius 3 is 2.62 bits per heavy atom. The van der Waals surface area contributed by atoms with Crippen LogP contribution in [0.5, 0.6) is 0 Å². The highest BCUT2D eigenvalue weighted by Gasteiger charge is 2.21. The maximum absolute atomic E-state index is 12.1. The van der Waals surface area contributed by atoms with Crippen molar-refractivity contribution in [1.29, 1.82) is 0 Å². The van der Waals surface area contributed by atoms with Crippen LogP contribution < -0.4 is 10.6 Å². The van der Waals surface area contributed by atoms with Crippen molar-refractivity contribution in [1.82, 2.24) is 5.32 Å². The zero-order valence-electron chi connectivity index (χ0n) is 12.7. The van der Waals surface area contributed by atoms with Crippen LogP contribution in [0.2, 0.25) is 0 Å². The Kier molecular flexibility index (Phi) is 5.66. The predicted octanol–water partition coefficient (Wildman–Crippen LogP) is 2.18. The maximum atomic E-state index is 12.1. The summed E-state index contributed by atoms with van der Waals surface area (Å²) in [5.41, 5.74) is -0.00485. The van der Waals surface area contributed by atoms with Crippen LogP contribution in [0.25, 0.3) is 0 Å². The maximum Gasteiger partial charge on any atom is 0.293 e. The van der Waals surface area contributed by atoms with Gasteiger partial charge in [-0.1, -0.05) is 0 Å². The molecule has 1 aromatic rings. The van der Waals surface area contributed by atoms with Crippen molar-refractivity contribution in [2.45, 2.75) is 26.4 Å². The van der Waals surface area contributed by atoms with E-state index in [1.165, 1.54) is 12.1 Å². The minimum atomic E-state index is -0.521. The molecule has 0 aromatic heterocycles. The first-order chi connectivity index (χ1) is 9.80. The van der Waals surface area contributed by atoms with E-state index in [1.807, 2.05) is 20.8 Å². The molecule has 1 aromatic carbocycles. The first kappa shape index (κ1) is 16.9. The topological polar surface area (TPSA) is 93.5 Å². The molecule has 0 radical (unpaired) electrons. The summed E-state index contributed by atoms with van der Waals surface area (Å²) in [5.74, 6) is -0.367. The highest BCUT2D eigenvalue weighted by Crippen LogP contribution is 2.25. The first-order valence-corrected chi connectivity index (χ1v) is 6.69. The molecule has 1 amide bonds. The Bertz CT molecular complexity index is 529. The molecule has 0 unspecified atom stereocenters. The Morgan fingerprint density at radius 1 is 1.43 bits per heavy atom. The van der Waals surface area contributed by atoms with E-state index in [4.69, 9.17) is 4.74 Å². The summed E-state index contributed by atoms with van der Waals surface area (Å²) in [6.45, 7) is 6.47. The molecule has 0 fully saturated rings. The summed E-state index contributed by atoms with van der Waals surface area (Å²) >= 11 is 0. The summed E-state index contributed by atoms with van der Waals surface area (Å²) in [6, 6.07) is 4.32. The van der Waals surface area contributed by atoms with E-state index in [9.17, 15) is 14.9 Å². The van der Waals surface area contributed by atoms with Gasteiger partial charge in [-0.05, 0) is 32.9 Å². The van der Waals surface area contributed by atoms with Crippen molar-refractivity contribution in [2.24, 2.45) is 0 Å². The molecule has 0 saturated carbocycles. The second kappa shape index (κ2) is 7.03. The lowest BCUT2D eigenvalue weighted by molar-refractivity contribution is -0.384. The third-order valence-electron chi connectivity index (χ3n) is 2.94. The SMILES string of the molecule is CCOC(C)(C)CNC(=O)c1ccc(NC)c([N+](=O)[O-])c1. The number of hydrogen-bond acceptors (Lipinski definition) is 5. The van der Waals surface area contributed by atoms with Crippen molar-refractivity contribution < 1.29 is 14.5 Å². The molecule has 2 N–H and O–H groups in total. The van der Waals surface area contributed by atoms with E-state index in [1.54, 1.807) is 13.1 Å². The van der Waals surface area contributed by atoms with E-state index < -0.39 is 10.5 Å². The summed E-state index contributed by atoms with van der Waals surface area (Å²) in [4.78, 5) is 22.5. The molecule has 116 valence electrons. The molecule has 0 spiro atoms. The lowest BCUT2D eigenvalue weighted by atomic mass is 10.1. The molecule has 0 aliphatic heterocycles. The molecular formula is C14H21N3O4. The number of carbonyl (C=O) groups excluding carboxylic acids is 1. The minimum Gasteiger partial charge on any atom is -0.383 e. The zero-order chi connectivity index (χ0) is 16.0. The number of carbonyl (C=O) groups is 1. The summed E-state index contributed by atoms with van der Waals surface area (Å²) in [6.07, 6.45) is 0. The van der Waals surface area contributed by atoms with Gasteiger partial charge in [0.2, 0.25) is 0 Å². The van der Waals surface area contributed by atoms with Crippen LogP contribution >= 0.6 is 0 Å². The van der Waals surface area contributed by atoms with Crippen molar-refractivity contribution >= 4 is 17.3 Å². The van der Waals surface area contributed by atoms with Gasteiger partial charge < -0.3 is 15.4 Å². The van der Waals surface area contributed by atoms with Crippen molar-refractivity contribution in [3.63, 3.8) is 0 Å². The Balaban J connectivity index is 2.84. The highest BCUT2D eigenvalue weighted by atomic mass is 16.6. The molecule has 7 heteroatoms. The van der Waals surface area contributed by atoms with Gasteiger partial charge in [-0.25, -0.2) is 0 Å². The molecule has 0 bridgehead atoms. The molecular weight excluding hydrogens is 274 g/mol. The quantitative estimate of drug-likeness (QED) is 0.594. The van der Waals surface area contributed by atoms with Crippen LogP contribution in [0, 0.1) is 10.1 Å². The van der Waals surface area contributed by atoms with Gasteiger partial charge in [0.15, 0.2) is 0 Å². The highest BCUT2D eigenvalue weighted by molar-refractivity contribution is 5.95. The number of amides is 1. The van der Waals surface area contributed by atoms with Crippen LogP contribution in [0.15, 0.2) is 18.2 Å². The lowest BCUT2D eigenvalue weighted by Gasteiger charge is -2.24. The number of nitrogens with zero attached hydrogens (tertiary/aromatic N) is 1. The van der Waals surface area contributed by atoms with Crippen LogP contribution in [0.1, 0.15) is 31.1 Å². The number of rotatable bonds is 7. The summed E-state index contributed by atoms with van der Waals surface area (Å²) < 4.78 is 5.48. The molecule has 0 aliphatic rings. The Labute approximate surface area is 123 Å². The van der Waals surface area contributed by atoms with Crippen molar-refractivity contribution in [3.8, 4) is 0 Å². The third-order valence-corrected chi connectivity index (χ3v) is 2.94. The predicted molar refractivity (Wildman–Crippen MR) is 80.7 cm³/mol. The molecule has 0 saturated heterocycles. The molecule has 1 rings (SSSR count). The molecule has 0 heterocycles. The number of anilines is 1. The Morgan fingerprint density at radius 2 is 2.10 bits per heavy atom. The van der Waals surface area contributed by atoms with E-state index in [0.717, 1.165) is 0 Å². The molecule has 0 atom stereocenters. The standard InChI is InChI=1S/C14H21N3O4/c1-5-21-14(2,3)9-16-13(18)10-6-7-11(15-4)12(8-10)17(19)20/h6-8,15H,5,9H2,1-4H3,(H,16,18). The van der Waals surface area contributed by atoms with E-state index in [0.29, 0.717) is 18.8 Å². The van der Waals surface area contributed by atoms with Gasteiger partial charge in [0.25, 0.3) is 11.6 Å². The fourth-order valence-electron chi connectivity index (χ4n) is 1.87. The largest absolute Gasteiger partial charge is 0.383 e. The van der Waals surface area contributed by atoms with Crippen molar-refractivity contribution in [3.05, 3.63) is 33.9 Å². The van der Waals surface area contributed by atoms with Gasteiger partial charge in [-0.15, -0.1) is 0 Å². The van der Waals surface area contributed by atoms with Gasteiger partial charge in [0.05, 0.1) is 10.5 Å². The molecule has 0 aliphatic carbocycles. The van der Waals surface area contributed by atoms with Crippen LogP contribution in [0.4, 0.5) is 11.4 Å². The second-order valence-electron chi connectivity index (χ2n) is 5.11.